The second-order valence-corrected chi connectivity index (χ2v) is 2.64. The highest BCUT2D eigenvalue weighted by Gasteiger charge is 2.11. The third-order valence-electron chi connectivity index (χ3n) is 1.59. The van der Waals surface area contributed by atoms with E-state index in [9.17, 15) is 5.21 Å². The second kappa shape index (κ2) is 4.78. The molecule has 6 nitrogen and oxygen atoms in total. The minimum atomic E-state index is 0.358. The zero-order valence-corrected chi connectivity index (χ0v) is 7.73. The Morgan fingerprint density at radius 1 is 1.54 bits per heavy atom. The molecule has 1 heterocycles. The summed E-state index contributed by atoms with van der Waals surface area (Å²) < 4.78 is 9.28. The molecule has 1 aromatic rings. The Labute approximate surface area is 76.0 Å². The van der Waals surface area contributed by atoms with Gasteiger partial charge in [-0.2, -0.15) is 0 Å². The van der Waals surface area contributed by atoms with Crippen LogP contribution in [0.25, 0.3) is 0 Å². The first-order valence-corrected chi connectivity index (χ1v) is 4.00. The normalized spacial score (nSPS) is 10.4. The SMILES string of the molecule is COCCCN(O)c1nonc1C. The molecule has 13 heavy (non-hydrogen) atoms. The Morgan fingerprint density at radius 2 is 2.31 bits per heavy atom. The van der Waals surface area contributed by atoms with Gasteiger partial charge >= 0.3 is 0 Å². The maximum atomic E-state index is 9.43. The Bertz CT molecular complexity index is 251. The van der Waals surface area contributed by atoms with Crippen molar-refractivity contribution in [3.8, 4) is 0 Å². The molecule has 0 aromatic carbocycles. The molecule has 0 amide bonds. The summed E-state index contributed by atoms with van der Waals surface area (Å²) in [6.45, 7) is 2.76. The second-order valence-electron chi connectivity index (χ2n) is 2.64. The lowest BCUT2D eigenvalue weighted by molar-refractivity contribution is 0.178. The lowest BCUT2D eigenvalue weighted by atomic mass is 10.4. The van der Waals surface area contributed by atoms with E-state index in [1.54, 1.807) is 14.0 Å². The van der Waals surface area contributed by atoms with Gasteiger partial charge in [-0.3, -0.25) is 5.21 Å². The summed E-state index contributed by atoms with van der Waals surface area (Å²) in [7, 11) is 1.62. The molecule has 1 rings (SSSR count). The van der Waals surface area contributed by atoms with E-state index in [-0.39, 0.29) is 0 Å². The highest BCUT2D eigenvalue weighted by Crippen LogP contribution is 2.11. The van der Waals surface area contributed by atoms with Crippen molar-refractivity contribution in [3.63, 3.8) is 0 Å². The zero-order chi connectivity index (χ0) is 9.68. The predicted octanol–water partition coefficient (Wildman–Crippen LogP) is 0.610. The maximum absolute atomic E-state index is 9.43. The van der Waals surface area contributed by atoms with E-state index in [2.05, 4.69) is 14.9 Å². The van der Waals surface area contributed by atoms with Crippen molar-refractivity contribution >= 4 is 5.82 Å². The largest absolute Gasteiger partial charge is 0.385 e. The molecule has 0 unspecified atom stereocenters. The van der Waals surface area contributed by atoms with E-state index in [0.29, 0.717) is 24.7 Å². The van der Waals surface area contributed by atoms with Gasteiger partial charge in [0.25, 0.3) is 0 Å². The molecule has 0 aliphatic carbocycles. The quantitative estimate of drug-likeness (QED) is 0.538. The monoisotopic (exact) mass is 187 g/mol. The Kier molecular flexibility index (Phi) is 3.66. The highest BCUT2D eigenvalue weighted by atomic mass is 16.6. The molecular formula is C7H13N3O3. The van der Waals surface area contributed by atoms with Crippen molar-refractivity contribution in [2.75, 3.05) is 25.3 Å². The number of aromatic nitrogens is 2. The van der Waals surface area contributed by atoms with Crippen LogP contribution in [-0.2, 0) is 4.74 Å². The van der Waals surface area contributed by atoms with Crippen molar-refractivity contribution in [3.05, 3.63) is 5.69 Å². The van der Waals surface area contributed by atoms with Gasteiger partial charge in [0.1, 0.15) is 5.69 Å². The van der Waals surface area contributed by atoms with Crippen LogP contribution in [0.15, 0.2) is 4.63 Å². The van der Waals surface area contributed by atoms with Gasteiger partial charge in [-0.15, -0.1) is 0 Å². The van der Waals surface area contributed by atoms with E-state index < -0.39 is 0 Å². The summed E-state index contributed by atoms with van der Waals surface area (Å²) in [5.74, 6) is 0.358. The number of rotatable bonds is 5. The van der Waals surface area contributed by atoms with E-state index in [1.165, 1.54) is 0 Å². The molecular weight excluding hydrogens is 174 g/mol. The van der Waals surface area contributed by atoms with Gasteiger partial charge in [0.05, 0.1) is 0 Å². The number of nitrogens with zero attached hydrogens (tertiary/aromatic N) is 3. The first kappa shape index (κ1) is 9.94. The van der Waals surface area contributed by atoms with Crippen LogP contribution in [0.3, 0.4) is 0 Å². The third kappa shape index (κ3) is 2.67. The molecule has 0 saturated heterocycles. The minimum absolute atomic E-state index is 0.358. The number of hydrogen-bond donors (Lipinski definition) is 1. The number of ether oxygens (including phenoxy) is 1. The lowest BCUT2D eigenvalue weighted by Crippen LogP contribution is -2.21. The molecule has 1 aromatic heterocycles. The molecule has 6 heteroatoms. The van der Waals surface area contributed by atoms with E-state index >= 15 is 0 Å². The van der Waals surface area contributed by atoms with Crippen LogP contribution in [-0.4, -0.2) is 35.8 Å². The number of anilines is 1. The van der Waals surface area contributed by atoms with Gasteiger partial charge in [0.2, 0.25) is 5.82 Å². The van der Waals surface area contributed by atoms with Gasteiger partial charge in [-0.1, -0.05) is 5.16 Å². The van der Waals surface area contributed by atoms with Crippen LogP contribution in [0.4, 0.5) is 5.82 Å². The highest BCUT2D eigenvalue weighted by molar-refractivity contribution is 5.36. The summed E-state index contributed by atoms with van der Waals surface area (Å²) >= 11 is 0. The van der Waals surface area contributed by atoms with Crippen LogP contribution in [0.2, 0.25) is 0 Å². The smallest absolute Gasteiger partial charge is 0.219 e. The number of hydrogen-bond acceptors (Lipinski definition) is 6. The van der Waals surface area contributed by atoms with Crippen LogP contribution >= 0.6 is 0 Å². The van der Waals surface area contributed by atoms with Gasteiger partial charge in [-0.25, -0.2) is 9.69 Å². The Balaban J connectivity index is 2.39. The molecule has 0 aliphatic rings. The van der Waals surface area contributed by atoms with E-state index in [1.807, 2.05) is 0 Å². The molecule has 74 valence electrons. The lowest BCUT2D eigenvalue weighted by Gasteiger charge is -2.12. The summed E-state index contributed by atoms with van der Waals surface area (Å²) in [5.41, 5.74) is 0.569. The molecule has 1 N–H and O–H groups in total. The fourth-order valence-electron chi connectivity index (χ4n) is 0.926. The first-order chi connectivity index (χ1) is 6.25. The summed E-state index contributed by atoms with van der Waals surface area (Å²) in [4.78, 5) is 0. The zero-order valence-electron chi connectivity index (χ0n) is 7.73. The average Bonchev–Trinajstić information content (AvgIpc) is 2.52. The van der Waals surface area contributed by atoms with Gasteiger partial charge in [0, 0.05) is 20.3 Å². The van der Waals surface area contributed by atoms with Crippen molar-refractivity contribution < 1.29 is 14.6 Å². The van der Waals surface area contributed by atoms with Crippen molar-refractivity contribution in [2.24, 2.45) is 0 Å². The Morgan fingerprint density at radius 3 is 2.85 bits per heavy atom. The third-order valence-corrected chi connectivity index (χ3v) is 1.59. The summed E-state index contributed by atoms with van der Waals surface area (Å²) in [6, 6.07) is 0. The predicted molar refractivity (Wildman–Crippen MR) is 44.7 cm³/mol. The summed E-state index contributed by atoms with van der Waals surface area (Å²) in [5, 5.41) is 17.5. The molecule has 0 bridgehead atoms. The number of aryl methyl sites for hydroxylation is 1. The molecule has 0 radical (unpaired) electrons. The maximum Gasteiger partial charge on any atom is 0.219 e. The molecule has 0 fully saturated rings. The van der Waals surface area contributed by atoms with E-state index in [4.69, 9.17) is 4.74 Å². The van der Waals surface area contributed by atoms with Gasteiger partial charge < -0.3 is 4.74 Å². The topological polar surface area (TPSA) is 71.6 Å². The fourth-order valence-corrected chi connectivity index (χ4v) is 0.926. The fraction of sp³-hybridized carbons (Fsp3) is 0.714. The van der Waals surface area contributed by atoms with Crippen molar-refractivity contribution in [1.82, 2.24) is 10.3 Å². The summed E-state index contributed by atoms with van der Waals surface area (Å²) in [6.07, 6.45) is 0.722. The van der Waals surface area contributed by atoms with Crippen molar-refractivity contribution in [1.29, 1.82) is 0 Å². The molecule has 0 spiro atoms. The van der Waals surface area contributed by atoms with Crippen LogP contribution in [0.5, 0.6) is 0 Å². The number of hydroxylamine groups is 1. The van der Waals surface area contributed by atoms with Crippen LogP contribution in [0.1, 0.15) is 12.1 Å². The molecule has 0 saturated carbocycles. The van der Waals surface area contributed by atoms with Gasteiger partial charge in [-0.05, 0) is 18.5 Å². The first-order valence-electron chi connectivity index (χ1n) is 4.00. The van der Waals surface area contributed by atoms with Crippen LogP contribution < -0.4 is 5.06 Å². The minimum Gasteiger partial charge on any atom is -0.385 e. The van der Waals surface area contributed by atoms with Gasteiger partial charge in [0.15, 0.2) is 0 Å². The number of methoxy groups -OCH3 is 1. The van der Waals surface area contributed by atoms with Crippen molar-refractivity contribution in [2.45, 2.75) is 13.3 Å². The molecule has 0 aliphatic heterocycles. The average molecular weight is 187 g/mol. The molecule has 0 atom stereocenters. The van der Waals surface area contributed by atoms with E-state index in [0.717, 1.165) is 11.5 Å². The standard InChI is InChI=1S/C7H13N3O3/c1-6-7(9-13-8-6)10(11)4-3-5-12-2/h11H,3-5H2,1-2H3. The van der Waals surface area contributed by atoms with Crippen LogP contribution in [0, 0.1) is 6.92 Å². The Hall–Kier alpha value is -1.14.